The zero-order valence-corrected chi connectivity index (χ0v) is 12.2. The first-order valence-corrected chi connectivity index (χ1v) is 6.98. The topological polar surface area (TPSA) is 53.9 Å². The van der Waals surface area contributed by atoms with Gasteiger partial charge in [-0.05, 0) is 32.4 Å². The molecule has 0 spiro atoms. The molecule has 1 saturated heterocycles. The Bertz CT molecular complexity index is 348. The summed E-state index contributed by atoms with van der Waals surface area (Å²) in [5, 5.41) is 12.4. The van der Waals surface area contributed by atoms with Gasteiger partial charge in [0, 0.05) is 23.9 Å². The Morgan fingerprint density at radius 2 is 2.37 bits per heavy atom. The van der Waals surface area contributed by atoms with E-state index in [9.17, 15) is 0 Å². The summed E-state index contributed by atoms with van der Waals surface area (Å²) >= 11 is 0. The van der Waals surface area contributed by atoms with Crippen LogP contribution >= 0.6 is 0 Å². The number of nitrogens with one attached hydrogen (secondary N) is 1. The average molecular weight is 266 g/mol. The van der Waals surface area contributed by atoms with Crippen LogP contribution in [0, 0.1) is 5.41 Å². The van der Waals surface area contributed by atoms with Crippen LogP contribution in [0.25, 0.3) is 0 Å². The number of hydrogen-bond donors (Lipinski definition) is 2. The summed E-state index contributed by atoms with van der Waals surface area (Å²) in [5.74, 6) is 0. The monoisotopic (exact) mass is 266 g/mol. The van der Waals surface area contributed by atoms with Crippen LogP contribution in [-0.2, 0) is 4.74 Å². The van der Waals surface area contributed by atoms with E-state index in [1.165, 1.54) is 0 Å². The average Bonchev–Trinajstić information content (AvgIpc) is 2.41. The summed E-state index contributed by atoms with van der Waals surface area (Å²) < 4.78 is 5.49. The van der Waals surface area contributed by atoms with Gasteiger partial charge in [0.2, 0.25) is 0 Å². The highest BCUT2D eigenvalue weighted by Crippen LogP contribution is 2.39. The Labute approximate surface area is 116 Å². The number of rotatable bonds is 6. The molecule has 0 aromatic heterocycles. The van der Waals surface area contributed by atoms with Crippen molar-refractivity contribution in [3.63, 3.8) is 0 Å². The van der Waals surface area contributed by atoms with Crippen LogP contribution in [0.1, 0.15) is 33.6 Å². The summed E-state index contributed by atoms with van der Waals surface area (Å²) in [6.07, 6.45) is 9.71. The molecule has 0 aliphatic carbocycles. The molecule has 2 atom stereocenters. The minimum atomic E-state index is -0.250. The molecule has 0 aromatic carbocycles. The third kappa shape index (κ3) is 4.27. The van der Waals surface area contributed by atoms with E-state index < -0.39 is 0 Å². The van der Waals surface area contributed by atoms with Crippen molar-refractivity contribution in [3.05, 3.63) is 23.9 Å². The van der Waals surface area contributed by atoms with Crippen LogP contribution in [0.3, 0.4) is 0 Å². The quantitative estimate of drug-likeness (QED) is 0.573. The van der Waals surface area contributed by atoms with Gasteiger partial charge in [-0.15, -0.1) is 0 Å². The molecule has 0 amide bonds. The third-order valence-corrected chi connectivity index (χ3v) is 3.61. The first-order chi connectivity index (χ1) is 9.19. The van der Waals surface area contributed by atoms with Crippen LogP contribution in [-0.4, -0.2) is 37.3 Å². The standard InChI is InChI=1S/C15H26N2O2/c1-4-6-9-17-13(7-5-2)15(3)8-10-16-11-14(15)19-12-18/h4,6-7,9,14,16,18H,5,8,10-12H2,1-3H3. The van der Waals surface area contributed by atoms with Crippen molar-refractivity contribution in [1.82, 2.24) is 5.32 Å². The Balaban J connectivity index is 2.98. The molecule has 0 bridgehead atoms. The lowest BCUT2D eigenvalue weighted by molar-refractivity contribution is -0.0992. The minimum Gasteiger partial charge on any atom is -0.371 e. The van der Waals surface area contributed by atoms with Crippen LogP contribution in [0.5, 0.6) is 0 Å². The Morgan fingerprint density at radius 3 is 3.00 bits per heavy atom. The van der Waals surface area contributed by atoms with E-state index in [1.54, 1.807) is 0 Å². The second kappa shape index (κ2) is 8.25. The van der Waals surface area contributed by atoms with Crippen molar-refractivity contribution in [2.24, 2.45) is 10.4 Å². The first kappa shape index (κ1) is 16.1. The SMILES string of the molecule is CC=CC=NC(=CCC)C1(C)CCNCC1OCO. The van der Waals surface area contributed by atoms with Crippen molar-refractivity contribution in [2.45, 2.75) is 39.7 Å². The zero-order valence-electron chi connectivity index (χ0n) is 12.2. The molecule has 1 aliphatic heterocycles. The fourth-order valence-electron chi connectivity index (χ4n) is 2.43. The van der Waals surface area contributed by atoms with Gasteiger partial charge in [0.15, 0.2) is 0 Å². The van der Waals surface area contributed by atoms with E-state index in [0.29, 0.717) is 0 Å². The minimum absolute atomic E-state index is 0.0493. The zero-order chi connectivity index (χ0) is 14.1. The van der Waals surface area contributed by atoms with E-state index in [2.05, 4.69) is 30.2 Å². The van der Waals surface area contributed by atoms with Crippen molar-refractivity contribution in [3.8, 4) is 0 Å². The Morgan fingerprint density at radius 1 is 1.58 bits per heavy atom. The van der Waals surface area contributed by atoms with Crippen molar-refractivity contribution in [1.29, 1.82) is 0 Å². The van der Waals surface area contributed by atoms with Crippen LogP contribution in [0.15, 0.2) is 28.9 Å². The van der Waals surface area contributed by atoms with E-state index in [-0.39, 0.29) is 18.3 Å². The summed E-state index contributed by atoms with van der Waals surface area (Å²) in [7, 11) is 0. The van der Waals surface area contributed by atoms with Gasteiger partial charge < -0.3 is 15.2 Å². The molecule has 2 unspecified atom stereocenters. The maximum atomic E-state index is 9.06. The number of aliphatic hydroxyl groups excluding tert-OH is 1. The molecule has 1 fully saturated rings. The fourth-order valence-corrected chi connectivity index (χ4v) is 2.43. The number of piperidine rings is 1. The maximum Gasteiger partial charge on any atom is 0.144 e. The molecule has 19 heavy (non-hydrogen) atoms. The molecule has 2 N–H and O–H groups in total. The normalized spacial score (nSPS) is 29.5. The van der Waals surface area contributed by atoms with Gasteiger partial charge in [-0.1, -0.05) is 26.0 Å². The number of aliphatic imine (C=N–C) groups is 1. The number of ether oxygens (including phenoxy) is 1. The molecule has 0 radical (unpaired) electrons. The van der Waals surface area contributed by atoms with Gasteiger partial charge >= 0.3 is 0 Å². The summed E-state index contributed by atoms with van der Waals surface area (Å²) in [6.45, 7) is 7.69. The molecule has 4 nitrogen and oxygen atoms in total. The number of hydrogen-bond acceptors (Lipinski definition) is 4. The first-order valence-electron chi connectivity index (χ1n) is 6.98. The van der Waals surface area contributed by atoms with E-state index in [1.807, 2.05) is 25.3 Å². The van der Waals surface area contributed by atoms with Gasteiger partial charge in [0.25, 0.3) is 0 Å². The second-order valence-electron chi connectivity index (χ2n) is 4.96. The lowest BCUT2D eigenvalue weighted by Gasteiger charge is -2.41. The van der Waals surface area contributed by atoms with Gasteiger partial charge in [-0.2, -0.15) is 0 Å². The highest BCUT2D eigenvalue weighted by Gasteiger charge is 2.40. The van der Waals surface area contributed by atoms with Crippen LogP contribution < -0.4 is 5.32 Å². The van der Waals surface area contributed by atoms with E-state index in [0.717, 1.165) is 31.6 Å². The maximum absolute atomic E-state index is 9.06. The van der Waals surface area contributed by atoms with Crippen LogP contribution in [0.2, 0.25) is 0 Å². The molecule has 0 saturated carbocycles. The largest absolute Gasteiger partial charge is 0.371 e. The molecule has 1 heterocycles. The van der Waals surface area contributed by atoms with Gasteiger partial charge in [-0.25, -0.2) is 0 Å². The van der Waals surface area contributed by atoms with Crippen molar-refractivity contribution >= 4 is 6.21 Å². The molecule has 1 aliphatic rings. The van der Waals surface area contributed by atoms with Crippen molar-refractivity contribution < 1.29 is 9.84 Å². The smallest absolute Gasteiger partial charge is 0.144 e. The highest BCUT2D eigenvalue weighted by atomic mass is 16.6. The molecule has 1 rings (SSSR count). The third-order valence-electron chi connectivity index (χ3n) is 3.61. The van der Waals surface area contributed by atoms with Gasteiger partial charge in [-0.3, -0.25) is 4.99 Å². The van der Waals surface area contributed by atoms with Gasteiger partial charge in [0.1, 0.15) is 6.79 Å². The van der Waals surface area contributed by atoms with Gasteiger partial charge in [0.05, 0.1) is 6.10 Å². The lowest BCUT2D eigenvalue weighted by atomic mass is 9.75. The molecule has 4 heteroatoms. The number of allylic oxidation sites excluding steroid dienone is 3. The molecular formula is C15H26N2O2. The van der Waals surface area contributed by atoms with Crippen LogP contribution in [0.4, 0.5) is 0 Å². The summed E-state index contributed by atoms with van der Waals surface area (Å²) in [5.41, 5.74) is 0.898. The highest BCUT2D eigenvalue weighted by molar-refractivity contribution is 5.72. The predicted octanol–water partition coefficient (Wildman–Crippen LogP) is 2.26. The number of nitrogens with zero attached hydrogens (tertiary/aromatic N) is 1. The fraction of sp³-hybridized carbons (Fsp3) is 0.667. The second-order valence-corrected chi connectivity index (χ2v) is 4.96. The molecule has 108 valence electrons. The van der Waals surface area contributed by atoms with Crippen molar-refractivity contribution in [2.75, 3.05) is 19.9 Å². The number of aliphatic hydroxyl groups is 1. The van der Waals surface area contributed by atoms with E-state index in [4.69, 9.17) is 9.84 Å². The van der Waals surface area contributed by atoms with E-state index >= 15 is 0 Å². The summed E-state index contributed by atoms with van der Waals surface area (Å²) in [6, 6.07) is 0. The molecule has 0 aromatic rings. The Kier molecular flexibility index (Phi) is 6.99. The predicted molar refractivity (Wildman–Crippen MR) is 79.2 cm³/mol. The Hall–Kier alpha value is -0.970. The lowest BCUT2D eigenvalue weighted by Crippen LogP contribution is -2.49. The summed E-state index contributed by atoms with van der Waals surface area (Å²) in [4.78, 5) is 4.59. The molecular weight excluding hydrogens is 240 g/mol.